The Balaban J connectivity index is 1.54. The highest BCUT2D eigenvalue weighted by Gasteiger charge is 2.27. The van der Waals surface area contributed by atoms with Crippen LogP contribution in [0.3, 0.4) is 0 Å². The van der Waals surface area contributed by atoms with Gasteiger partial charge < -0.3 is 15.2 Å². The molecule has 0 aliphatic heterocycles. The van der Waals surface area contributed by atoms with Gasteiger partial charge in [0.1, 0.15) is 23.1 Å². The van der Waals surface area contributed by atoms with Crippen molar-refractivity contribution in [1.29, 1.82) is 0 Å². The second-order valence-corrected chi connectivity index (χ2v) is 8.38. The smallest absolute Gasteiger partial charge is 0.335 e. The van der Waals surface area contributed by atoms with Crippen molar-refractivity contribution in [3.05, 3.63) is 95.4 Å². The van der Waals surface area contributed by atoms with Crippen LogP contribution in [0.15, 0.2) is 72.8 Å². The van der Waals surface area contributed by atoms with Crippen LogP contribution in [0, 0.1) is 5.82 Å². The van der Waals surface area contributed by atoms with Crippen molar-refractivity contribution >= 4 is 22.6 Å². The number of carbonyl (C=O) groups is 1. The largest absolute Gasteiger partial charge is 0.478 e. The van der Waals surface area contributed by atoms with Crippen LogP contribution in [-0.2, 0) is 0 Å². The van der Waals surface area contributed by atoms with Gasteiger partial charge in [-0.2, -0.15) is 0 Å². The van der Waals surface area contributed by atoms with E-state index in [1.165, 1.54) is 12.1 Å². The highest BCUT2D eigenvalue weighted by Crippen LogP contribution is 2.43. The average Bonchev–Trinajstić information content (AvgIpc) is 3.64. The summed E-state index contributed by atoms with van der Waals surface area (Å²) in [6.45, 7) is 2.00. The molecule has 0 amide bonds. The molecule has 3 aromatic carbocycles. The average molecular weight is 442 g/mol. The van der Waals surface area contributed by atoms with Crippen LogP contribution >= 0.6 is 0 Å². The quantitative estimate of drug-likeness (QED) is 0.325. The Hall–Kier alpha value is -3.93. The van der Waals surface area contributed by atoms with Crippen LogP contribution < -0.4 is 10.1 Å². The number of halogens is 1. The molecule has 0 radical (unpaired) electrons. The summed E-state index contributed by atoms with van der Waals surface area (Å²) in [5.74, 6) is 0.842. The summed E-state index contributed by atoms with van der Waals surface area (Å²) in [6.07, 6.45) is 2.26. The standard InChI is InChI=1S/C27H23FN2O3/c1-16(17-8-12-19(13-9-17)27(31)32)29-26-25-20(14-23(30-26)18-10-11-18)4-2-7-24(25)33-22-6-3-5-21(28)15-22/h2-9,12-16,18H,10-11H2,1H3,(H,29,30)(H,31,32)/t16-/m0/s1. The zero-order chi connectivity index (χ0) is 22.9. The Morgan fingerprint density at radius 2 is 1.85 bits per heavy atom. The summed E-state index contributed by atoms with van der Waals surface area (Å²) in [5.41, 5.74) is 2.23. The van der Waals surface area contributed by atoms with Gasteiger partial charge in [-0.25, -0.2) is 14.2 Å². The number of aromatic carboxylic acids is 1. The number of nitrogens with one attached hydrogen (secondary N) is 1. The summed E-state index contributed by atoms with van der Waals surface area (Å²) in [5, 5.41) is 14.5. The fourth-order valence-corrected chi connectivity index (χ4v) is 3.94. The van der Waals surface area contributed by atoms with E-state index in [2.05, 4.69) is 11.4 Å². The number of ether oxygens (including phenoxy) is 1. The number of anilines is 1. The first kappa shape index (κ1) is 20.9. The van der Waals surface area contributed by atoms with Crippen molar-refractivity contribution in [2.75, 3.05) is 5.32 Å². The van der Waals surface area contributed by atoms with Gasteiger partial charge in [-0.3, -0.25) is 0 Å². The Kier molecular flexibility index (Phi) is 5.42. The highest BCUT2D eigenvalue weighted by atomic mass is 19.1. The van der Waals surface area contributed by atoms with E-state index in [-0.39, 0.29) is 17.4 Å². The molecule has 2 N–H and O–H groups in total. The van der Waals surface area contributed by atoms with E-state index in [1.807, 2.05) is 25.1 Å². The Bertz CT molecular complexity index is 1330. The lowest BCUT2D eigenvalue weighted by atomic mass is 10.0. The zero-order valence-corrected chi connectivity index (χ0v) is 18.1. The molecule has 0 unspecified atom stereocenters. The summed E-state index contributed by atoms with van der Waals surface area (Å²) in [7, 11) is 0. The lowest BCUT2D eigenvalue weighted by Crippen LogP contribution is -2.10. The molecule has 1 atom stereocenters. The lowest BCUT2D eigenvalue weighted by Gasteiger charge is -2.19. The zero-order valence-electron chi connectivity index (χ0n) is 18.1. The van der Waals surface area contributed by atoms with Crippen molar-refractivity contribution in [2.45, 2.75) is 31.7 Å². The Labute approximate surface area is 190 Å². The second-order valence-electron chi connectivity index (χ2n) is 8.38. The van der Waals surface area contributed by atoms with Crippen molar-refractivity contribution in [2.24, 2.45) is 0 Å². The lowest BCUT2D eigenvalue weighted by molar-refractivity contribution is 0.0697. The van der Waals surface area contributed by atoms with E-state index in [9.17, 15) is 9.18 Å². The fraction of sp³-hybridized carbons (Fsp3) is 0.185. The van der Waals surface area contributed by atoms with Crippen LogP contribution in [0.1, 0.15) is 53.3 Å². The van der Waals surface area contributed by atoms with E-state index >= 15 is 0 Å². The van der Waals surface area contributed by atoms with Crippen molar-refractivity contribution in [3.8, 4) is 11.5 Å². The van der Waals surface area contributed by atoms with E-state index in [0.717, 1.165) is 34.9 Å². The summed E-state index contributed by atoms with van der Waals surface area (Å²) >= 11 is 0. The van der Waals surface area contributed by atoms with Gasteiger partial charge >= 0.3 is 5.97 Å². The van der Waals surface area contributed by atoms with Gasteiger partial charge in [-0.05, 0) is 67.1 Å². The molecule has 0 spiro atoms. The molecular weight excluding hydrogens is 419 g/mol. The summed E-state index contributed by atoms with van der Waals surface area (Å²) in [4.78, 5) is 16.1. The number of hydrogen-bond acceptors (Lipinski definition) is 4. The number of fused-ring (bicyclic) bond motifs is 1. The third kappa shape index (κ3) is 4.51. The topological polar surface area (TPSA) is 71.5 Å². The van der Waals surface area contributed by atoms with Crippen molar-refractivity contribution in [3.63, 3.8) is 0 Å². The number of carboxylic acids is 1. The predicted molar refractivity (Wildman–Crippen MR) is 126 cm³/mol. The normalized spacial score (nSPS) is 14.1. The highest BCUT2D eigenvalue weighted by molar-refractivity contribution is 5.97. The van der Waals surface area contributed by atoms with Gasteiger partial charge in [-0.15, -0.1) is 0 Å². The van der Waals surface area contributed by atoms with Gasteiger partial charge in [0.25, 0.3) is 0 Å². The third-order valence-corrected chi connectivity index (χ3v) is 5.87. The maximum Gasteiger partial charge on any atom is 0.335 e. The van der Waals surface area contributed by atoms with E-state index in [1.54, 1.807) is 36.4 Å². The van der Waals surface area contributed by atoms with Crippen LogP contribution in [0.25, 0.3) is 10.8 Å². The van der Waals surface area contributed by atoms with Gasteiger partial charge in [0, 0.05) is 23.7 Å². The van der Waals surface area contributed by atoms with E-state index in [4.69, 9.17) is 14.8 Å². The van der Waals surface area contributed by atoms with Crippen LogP contribution in [0.4, 0.5) is 10.2 Å². The molecule has 0 bridgehead atoms. The fourth-order valence-electron chi connectivity index (χ4n) is 3.94. The maximum absolute atomic E-state index is 13.7. The molecule has 5 rings (SSSR count). The molecule has 33 heavy (non-hydrogen) atoms. The number of carboxylic acid groups (broad SMARTS) is 1. The summed E-state index contributed by atoms with van der Waals surface area (Å²) < 4.78 is 19.8. The first-order chi connectivity index (χ1) is 16.0. The van der Waals surface area contributed by atoms with Gasteiger partial charge in [0.2, 0.25) is 0 Å². The SMILES string of the molecule is C[C@H](Nc1nc(C2CC2)cc2cccc(Oc3cccc(F)c3)c12)c1ccc(C(=O)O)cc1. The van der Waals surface area contributed by atoms with Crippen LogP contribution in [0.5, 0.6) is 11.5 Å². The molecule has 1 fully saturated rings. The Morgan fingerprint density at radius 1 is 1.09 bits per heavy atom. The second kappa shape index (κ2) is 8.54. The molecule has 1 aliphatic carbocycles. The van der Waals surface area contributed by atoms with Crippen LogP contribution in [-0.4, -0.2) is 16.1 Å². The first-order valence-electron chi connectivity index (χ1n) is 10.9. The molecule has 166 valence electrons. The molecule has 1 aliphatic rings. The Morgan fingerprint density at radius 3 is 2.55 bits per heavy atom. The number of rotatable bonds is 7. The third-order valence-electron chi connectivity index (χ3n) is 5.87. The number of nitrogens with zero attached hydrogens (tertiary/aromatic N) is 1. The van der Waals surface area contributed by atoms with Gasteiger partial charge in [-0.1, -0.05) is 30.3 Å². The molecular formula is C27H23FN2O3. The molecule has 1 aromatic heterocycles. The van der Waals surface area contributed by atoms with Gasteiger partial charge in [0.05, 0.1) is 10.9 Å². The predicted octanol–water partition coefficient (Wildman–Crippen LogP) is 6.91. The number of hydrogen-bond donors (Lipinski definition) is 2. The number of aromatic nitrogens is 1. The van der Waals surface area contributed by atoms with Crippen molar-refractivity contribution in [1.82, 2.24) is 4.98 Å². The van der Waals surface area contributed by atoms with Crippen molar-refractivity contribution < 1.29 is 19.0 Å². The minimum absolute atomic E-state index is 0.125. The van der Waals surface area contributed by atoms with E-state index in [0.29, 0.717) is 23.2 Å². The summed E-state index contributed by atoms with van der Waals surface area (Å²) in [6, 6.07) is 20.6. The monoisotopic (exact) mass is 442 g/mol. The first-order valence-corrected chi connectivity index (χ1v) is 10.9. The molecule has 6 heteroatoms. The molecule has 1 saturated carbocycles. The molecule has 5 nitrogen and oxygen atoms in total. The van der Waals surface area contributed by atoms with E-state index < -0.39 is 5.97 Å². The molecule has 4 aromatic rings. The van der Waals surface area contributed by atoms with Crippen LogP contribution in [0.2, 0.25) is 0 Å². The minimum Gasteiger partial charge on any atom is -0.478 e. The van der Waals surface area contributed by atoms with Gasteiger partial charge in [0.15, 0.2) is 0 Å². The maximum atomic E-state index is 13.7. The molecule has 0 saturated heterocycles. The minimum atomic E-state index is -0.953. The number of pyridine rings is 1. The molecule has 1 heterocycles. The number of benzene rings is 3.